The molecule has 0 aliphatic rings. The first-order valence-corrected chi connectivity index (χ1v) is 12.2. The average Bonchev–Trinajstić information content (AvgIpc) is 2.96. The minimum absolute atomic E-state index is 0.0797. The molecule has 41 heavy (non-hydrogen) atoms. The molecule has 0 aliphatic carbocycles. The zero-order chi connectivity index (χ0) is 29.0. The van der Waals surface area contributed by atoms with Gasteiger partial charge in [0, 0.05) is 34.0 Å². The van der Waals surface area contributed by atoms with Crippen LogP contribution in [0, 0.1) is 0 Å². The van der Waals surface area contributed by atoms with Crippen LogP contribution in [0.1, 0.15) is 21.5 Å². The van der Waals surface area contributed by atoms with E-state index in [9.17, 15) is 27.6 Å². The van der Waals surface area contributed by atoms with Crippen LogP contribution in [0.2, 0.25) is 0 Å². The van der Waals surface area contributed by atoms with E-state index in [1.807, 2.05) is 5.32 Å². The number of urea groups is 1. The largest absolute Gasteiger partial charge is 0.420 e. The van der Waals surface area contributed by atoms with Crippen molar-refractivity contribution in [2.75, 3.05) is 5.32 Å². The number of rotatable bonds is 5. The van der Waals surface area contributed by atoms with Crippen molar-refractivity contribution in [3.63, 3.8) is 0 Å². The van der Waals surface area contributed by atoms with Crippen molar-refractivity contribution in [3.05, 3.63) is 126 Å². The summed E-state index contributed by atoms with van der Waals surface area (Å²) in [6, 6.07) is 25.3. The Morgan fingerprint density at radius 1 is 0.780 bits per heavy atom. The molecule has 3 amide bonds. The molecule has 7 nitrogen and oxygen atoms in total. The number of hydrogen-bond acceptors (Lipinski definition) is 5. The first kappa shape index (κ1) is 27.1. The van der Waals surface area contributed by atoms with E-state index >= 15 is 0 Å². The number of carbonyl (C=O) groups excluding carboxylic acids is 3. The number of aromatic nitrogens is 1. The molecule has 0 spiro atoms. The second-order valence-corrected chi connectivity index (χ2v) is 8.80. The number of nitrogens with zero attached hydrogens (tertiary/aromatic N) is 1. The number of benzene rings is 4. The predicted molar refractivity (Wildman–Crippen MR) is 147 cm³/mol. The van der Waals surface area contributed by atoms with Crippen molar-refractivity contribution in [2.24, 2.45) is 0 Å². The number of amides is 3. The molecule has 1 aromatic heterocycles. The Bertz CT molecular complexity index is 1760. The average molecular weight is 556 g/mol. The highest BCUT2D eigenvalue weighted by atomic mass is 19.4. The van der Waals surface area contributed by atoms with Crippen LogP contribution in [0.3, 0.4) is 0 Å². The summed E-state index contributed by atoms with van der Waals surface area (Å²) < 4.78 is 46.5. The molecule has 0 atom stereocenters. The van der Waals surface area contributed by atoms with Gasteiger partial charge in [0.1, 0.15) is 5.75 Å². The fraction of sp³-hybridized carbons (Fsp3) is 0.0323. The Labute approximate surface area is 231 Å². The maximum Gasteiger partial charge on any atom is 0.420 e. The molecule has 0 aliphatic heterocycles. The molecule has 10 heteroatoms. The van der Waals surface area contributed by atoms with Gasteiger partial charge in [-0.1, -0.05) is 72.8 Å². The van der Waals surface area contributed by atoms with Gasteiger partial charge in [0.2, 0.25) is 0 Å². The predicted octanol–water partition coefficient (Wildman–Crippen LogP) is 7.47. The number of carbonyl (C=O) groups is 3. The van der Waals surface area contributed by atoms with Gasteiger partial charge in [0.05, 0.1) is 11.1 Å². The number of fused-ring (bicyclic) bond motifs is 1. The monoisotopic (exact) mass is 555 g/mol. The van der Waals surface area contributed by atoms with Gasteiger partial charge >= 0.3 is 18.3 Å². The van der Waals surface area contributed by atoms with Gasteiger partial charge in [0.25, 0.3) is 0 Å². The molecule has 0 fully saturated rings. The van der Waals surface area contributed by atoms with E-state index in [1.165, 1.54) is 24.3 Å². The smallest absolute Gasteiger partial charge is 0.410 e. The van der Waals surface area contributed by atoms with Crippen LogP contribution in [0.25, 0.3) is 22.0 Å². The minimum Gasteiger partial charge on any atom is -0.410 e. The quantitative estimate of drug-likeness (QED) is 0.219. The van der Waals surface area contributed by atoms with Gasteiger partial charge in [-0.25, -0.2) is 14.9 Å². The van der Waals surface area contributed by atoms with Crippen LogP contribution in [0.5, 0.6) is 5.75 Å². The molecule has 0 radical (unpaired) electrons. The van der Waals surface area contributed by atoms with E-state index in [4.69, 9.17) is 4.74 Å². The normalized spacial score (nSPS) is 11.1. The number of nitrogens with one attached hydrogen (secondary N) is 2. The summed E-state index contributed by atoms with van der Waals surface area (Å²) >= 11 is 0. The number of ether oxygens (including phenoxy) is 1. The van der Waals surface area contributed by atoms with E-state index < -0.39 is 29.6 Å². The first-order valence-electron chi connectivity index (χ1n) is 12.2. The molecule has 0 saturated carbocycles. The Hall–Kier alpha value is -5.51. The molecule has 2 N–H and O–H groups in total. The van der Waals surface area contributed by atoms with Crippen LogP contribution in [-0.2, 0) is 6.18 Å². The minimum atomic E-state index is -4.68. The topological polar surface area (TPSA) is 97.4 Å². The van der Waals surface area contributed by atoms with Crippen LogP contribution in [-0.4, -0.2) is 22.9 Å². The van der Waals surface area contributed by atoms with Crippen LogP contribution >= 0.6 is 0 Å². The lowest BCUT2D eigenvalue weighted by molar-refractivity contribution is -0.136. The van der Waals surface area contributed by atoms with Crippen molar-refractivity contribution < 1.29 is 32.3 Å². The van der Waals surface area contributed by atoms with Gasteiger partial charge in [-0.05, 0) is 35.9 Å². The Balaban J connectivity index is 1.52. The van der Waals surface area contributed by atoms with Crippen molar-refractivity contribution in [2.45, 2.75) is 6.18 Å². The van der Waals surface area contributed by atoms with E-state index in [-0.39, 0.29) is 33.5 Å². The number of para-hydroxylation sites is 2. The lowest BCUT2D eigenvalue weighted by atomic mass is 9.91. The molecular weight excluding hydrogens is 535 g/mol. The van der Waals surface area contributed by atoms with E-state index in [2.05, 4.69) is 10.3 Å². The first-order chi connectivity index (χ1) is 19.7. The fourth-order valence-electron chi connectivity index (χ4n) is 4.31. The standard InChI is InChI=1S/C31H20F3N3O4/c32-31(33,34)25-16-8-15-23-26(24(18-35-27(23)25)28(38)19-9-3-1-4-10-19)20-11-7-12-21(17-20)36-29(39)37-30(40)41-22-13-5-2-6-14-22/h1-18H,(H2,36,37,39,40). The molecule has 0 bridgehead atoms. The molecule has 5 aromatic rings. The summed E-state index contributed by atoms with van der Waals surface area (Å²) in [5.41, 5.74) is -0.0887. The third-order valence-corrected chi connectivity index (χ3v) is 6.06. The second-order valence-electron chi connectivity index (χ2n) is 8.80. The summed E-state index contributed by atoms with van der Waals surface area (Å²) in [4.78, 5) is 42.1. The van der Waals surface area contributed by atoms with Crippen molar-refractivity contribution in [3.8, 4) is 16.9 Å². The number of imide groups is 1. The Kier molecular flexibility index (Phi) is 7.47. The lowest BCUT2D eigenvalue weighted by Gasteiger charge is -2.16. The summed E-state index contributed by atoms with van der Waals surface area (Å²) in [5, 5.41) is 4.65. The molecular formula is C31H20F3N3O4. The lowest BCUT2D eigenvalue weighted by Crippen LogP contribution is -2.36. The summed E-state index contributed by atoms with van der Waals surface area (Å²) in [7, 11) is 0. The molecule has 4 aromatic carbocycles. The van der Waals surface area contributed by atoms with Gasteiger partial charge in [-0.15, -0.1) is 0 Å². The highest BCUT2D eigenvalue weighted by Gasteiger charge is 2.34. The van der Waals surface area contributed by atoms with E-state index in [0.29, 0.717) is 11.1 Å². The number of pyridine rings is 1. The van der Waals surface area contributed by atoms with Gasteiger partial charge < -0.3 is 10.1 Å². The maximum absolute atomic E-state index is 13.8. The highest BCUT2D eigenvalue weighted by Crippen LogP contribution is 2.39. The van der Waals surface area contributed by atoms with Gasteiger partial charge in [-0.3, -0.25) is 9.78 Å². The number of alkyl halides is 3. The molecule has 5 rings (SSSR count). The maximum atomic E-state index is 13.8. The van der Waals surface area contributed by atoms with Crippen molar-refractivity contribution in [1.82, 2.24) is 10.3 Å². The zero-order valence-corrected chi connectivity index (χ0v) is 21.1. The highest BCUT2D eigenvalue weighted by molar-refractivity contribution is 6.17. The molecule has 0 saturated heterocycles. The third-order valence-electron chi connectivity index (χ3n) is 6.06. The summed E-state index contributed by atoms with van der Waals surface area (Å²) in [6.07, 6.45) is -4.56. The van der Waals surface area contributed by atoms with Crippen molar-refractivity contribution in [1.29, 1.82) is 0 Å². The van der Waals surface area contributed by atoms with Crippen molar-refractivity contribution >= 4 is 34.5 Å². The fourth-order valence-corrected chi connectivity index (χ4v) is 4.31. The second kappa shape index (κ2) is 11.3. The number of hydrogen-bond donors (Lipinski definition) is 2. The third kappa shape index (κ3) is 6.06. The molecule has 0 unspecified atom stereocenters. The summed E-state index contributed by atoms with van der Waals surface area (Å²) in [5.74, 6) is -0.203. The Morgan fingerprint density at radius 3 is 2.17 bits per heavy atom. The summed E-state index contributed by atoms with van der Waals surface area (Å²) in [6.45, 7) is 0. The van der Waals surface area contributed by atoms with Crippen LogP contribution < -0.4 is 15.4 Å². The van der Waals surface area contributed by atoms with Gasteiger partial charge in [-0.2, -0.15) is 13.2 Å². The Morgan fingerprint density at radius 2 is 1.46 bits per heavy atom. The van der Waals surface area contributed by atoms with Crippen LogP contribution in [0.15, 0.2) is 109 Å². The molecule has 204 valence electrons. The SMILES string of the molecule is O=C(NC(=O)Oc1ccccc1)Nc1cccc(-c2c(C(=O)c3ccccc3)cnc3c(C(F)(F)F)cccc23)c1. The molecule has 1 heterocycles. The number of anilines is 1. The van der Waals surface area contributed by atoms with E-state index in [0.717, 1.165) is 12.3 Å². The van der Waals surface area contributed by atoms with E-state index in [1.54, 1.807) is 72.8 Å². The number of halogens is 3. The van der Waals surface area contributed by atoms with Gasteiger partial charge in [0.15, 0.2) is 5.78 Å². The van der Waals surface area contributed by atoms with Crippen LogP contribution in [0.4, 0.5) is 28.4 Å². The number of ketones is 1. The zero-order valence-electron chi connectivity index (χ0n) is 21.1.